The van der Waals surface area contributed by atoms with Gasteiger partial charge >= 0.3 is 0 Å². The normalized spacial score (nSPS) is 14.8. The van der Waals surface area contributed by atoms with E-state index in [-0.39, 0.29) is 5.91 Å². The molecule has 134 valence electrons. The first-order valence-electron chi connectivity index (χ1n) is 8.66. The number of hydrogen-bond donors (Lipinski definition) is 1. The fourth-order valence-electron chi connectivity index (χ4n) is 3.24. The van der Waals surface area contributed by atoms with Crippen molar-refractivity contribution in [1.29, 1.82) is 0 Å². The summed E-state index contributed by atoms with van der Waals surface area (Å²) in [6.07, 6.45) is 1.51. The number of amides is 1. The summed E-state index contributed by atoms with van der Waals surface area (Å²) in [4.78, 5) is 25.4. The number of benzene rings is 1. The molecule has 8 nitrogen and oxygen atoms in total. The van der Waals surface area contributed by atoms with Crippen LogP contribution in [0.15, 0.2) is 36.7 Å². The zero-order valence-corrected chi connectivity index (χ0v) is 14.7. The van der Waals surface area contributed by atoms with E-state index in [4.69, 9.17) is 5.73 Å². The van der Waals surface area contributed by atoms with Crippen LogP contribution in [-0.2, 0) is 6.54 Å². The molecule has 0 radical (unpaired) electrons. The lowest BCUT2D eigenvalue weighted by molar-refractivity contribution is 0.0746. The van der Waals surface area contributed by atoms with Gasteiger partial charge in [-0.1, -0.05) is 12.1 Å². The van der Waals surface area contributed by atoms with Crippen molar-refractivity contribution in [3.8, 4) is 0 Å². The minimum Gasteiger partial charge on any atom is -0.353 e. The van der Waals surface area contributed by atoms with Crippen LogP contribution >= 0.6 is 0 Å². The first kappa shape index (κ1) is 16.5. The first-order chi connectivity index (χ1) is 12.7. The summed E-state index contributed by atoms with van der Waals surface area (Å²) >= 11 is 0. The number of piperazine rings is 1. The van der Waals surface area contributed by atoms with Crippen molar-refractivity contribution < 1.29 is 4.79 Å². The third kappa shape index (κ3) is 2.99. The Labute approximate surface area is 151 Å². The number of aromatic nitrogens is 4. The summed E-state index contributed by atoms with van der Waals surface area (Å²) < 4.78 is 1.75. The second kappa shape index (κ2) is 6.72. The smallest absolute Gasteiger partial charge is 0.254 e. The zero-order chi connectivity index (χ0) is 18.1. The molecule has 1 amide bonds. The topological polar surface area (TPSA) is 92.7 Å². The maximum Gasteiger partial charge on any atom is 0.254 e. The Morgan fingerprint density at radius 2 is 1.88 bits per heavy atom. The standard InChI is InChI=1S/C18H21N7O/c1-13-10-16(25-18(22-13)20-12-21-25)23-6-8-24(9-7-23)17(26)15-4-2-14(11-19)3-5-15/h2-5,10,12H,6-9,11,19H2,1H3. The van der Waals surface area contributed by atoms with Crippen molar-refractivity contribution in [3.63, 3.8) is 0 Å². The van der Waals surface area contributed by atoms with Crippen LogP contribution in [0.5, 0.6) is 0 Å². The van der Waals surface area contributed by atoms with Crippen molar-refractivity contribution in [2.24, 2.45) is 5.73 Å². The molecule has 1 saturated heterocycles. The van der Waals surface area contributed by atoms with E-state index < -0.39 is 0 Å². The van der Waals surface area contributed by atoms with Crippen molar-refractivity contribution >= 4 is 17.5 Å². The molecule has 0 aliphatic carbocycles. The number of carbonyl (C=O) groups is 1. The Morgan fingerprint density at radius 3 is 2.58 bits per heavy atom. The lowest BCUT2D eigenvalue weighted by Crippen LogP contribution is -2.49. The number of nitrogens with two attached hydrogens (primary N) is 1. The van der Waals surface area contributed by atoms with E-state index in [1.54, 1.807) is 4.52 Å². The van der Waals surface area contributed by atoms with Gasteiger partial charge in [0, 0.05) is 50.0 Å². The molecule has 1 aliphatic heterocycles. The van der Waals surface area contributed by atoms with Gasteiger partial charge in [0.25, 0.3) is 11.7 Å². The van der Waals surface area contributed by atoms with Gasteiger partial charge in [-0.25, -0.2) is 4.98 Å². The van der Waals surface area contributed by atoms with Gasteiger partial charge in [0.2, 0.25) is 0 Å². The van der Waals surface area contributed by atoms with E-state index in [1.165, 1.54) is 6.33 Å². The number of nitrogens with zero attached hydrogens (tertiary/aromatic N) is 6. The van der Waals surface area contributed by atoms with Gasteiger partial charge < -0.3 is 15.5 Å². The van der Waals surface area contributed by atoms with Crippen LogP contribution in [0, 0.1) is 6.92 Å². The molecule has 1 fully saturated rings. The van der Waals surface area contributed by atoms with Gasteiger partial charge in [-0.05, 0) is 24.6 Å². The predicted octanol–water partition coefficient (Wildman–Crippen LogP) is 0.854. The van der Waals surface area contributed by atoms with Crippen LogP contribution < -0.4 is 10.6 Å². The van der Waals surface area contributed by atoms with Gasteiger partial charge in [-0.2, -0.15) is 14.6 Å². The van der Waals surface area contributed by atoms with E-state index in [9.17, 15) is 4.79 Å². The lowest BCUT2D eigenvalue weighted by atomic mass is 10.1. The van der Waals surface area contributed by atoms with Crippen LogP contribution in [-0.4, -0.2) is 56.6 Å². The highest BCUT2D eigenvalue weighted by atomic mass is 16.2. The van der Waals surface area contributed by atoms with Crippen LogP contribution in [0.3, 0.4) is 0 Å². The van der Waals surface area contributed by atoms with Crippen molar-refractivity contribution in [2.45, 2.75) is 13.5 Å². The average molecular weight is 351 g/mol. The largest absolute Gasteiger partial charge is 0.353 e. The second-order valence-corrected chi connectivity index (χ2v) is 6.41. The highest BCUT2D eigenvalue weighted by Gasteiger charge is 2.24. The Hall–Kier alpha value is -3.00. The van der Waals surface area contributed by atoms with Gasteiger partial charge in [0.05, 0.1) is 0 Å². The van der Waals surface area contributed by atoms with Crippen LogP contribution in [0.25, 0.3) is 5.78 Å². The maximum atomic E-state index is 12.7. The number of carbonyl (C=O) groups excluding carboxylic acids is 1. The molecule has 3 heterocycles. The number of aryl methyl sites for hydroxylation is 1. The number of hydrogen-bond acceptors (Lipinski definition) is 6. The van der Waals surface area contributed by atoms with Crippen LogP contribution in [0.2, 0.25) is 0 Å². The Balaban J connectivity index is 1.48. The van der Waals surface area contributed by atoms with Crippen molar-refractivity contribution in [3.05, 3.63) is 53.5 Å². The van der Waals surface area contributed by atoms with Gasteiger partial charge in [0.1, 0.15) is 12.1 Å². The molecule has 2 N–H and O–H groups in total. The van der Waals surface area contributed by atoms with Crippen LogP contribution in [0.1, 0.15) is 21.6 Å². The van der Waals surface area contributed by atoms with E-state index in [0.717, 1.165) is 30.2 Å². The first-order valence-corrected chi connectivity index (χ1v) is 8.66. The molecule has 0 saturated carbocycles. The fraction of sp³-hybridized carbons (Fsp3) is 0.333. The molecule has 1 aliphatic rings. The number of fused-ring (bicyclic) bond motifs is 1. The molecular weight excluding hydrogens is 330 g/mol. The molecule has 3 aromatic rings. The Bertz CT molecular complexity index is 926. The summed E-state index contributed by atoms with van der Waals surface area (Å²) in [5, 5.41) is 4.26. The predicted molar refractivity (Wildman–Crippen MR) is 98.0 cm³/mol. The summed E-state index contributed by atoms with van der Waals surface area (Å²) in [6, 6.07) is 9.52. The molecule has 26 heavy (non-hydrogen) atoms. The molecule has 0 spiro atoms. The zero-order valence-electron chi connectivity index (χ0n) is 14.7. The molecule has 2 aromatic heterocycles. The minimum atomic E-state index is 0.0602. The highest BCUT2D eigenvalue weighted by Crippen LogP contribution is 2.19. The van der Waals surface area contributed by atoms with E-state index in [1.807, 2.05) is 42.2 Å². The number of anilines is 1. The van der Waals surface area contributed by atoms with Crippen molar-refractivity contribution in [2.75, 3.05) is 31.1 Å². The van der Waals surface area contributed by atoms with Crippen LogP contribution in [0.4, 0.5) is 5.82 Å². The SMILES string of the molecule is Cc1cc(N2CCN(C(=O)c3ccc(CN)cc3)CC2)n2ncnc2n1. The summed E-state index contributed by atoms with van der Waals surface area (Å²) in [5.41, 5.74) is 8.24. The van der Waals surface area contributed by atoms with Gasteiger partial charge in [-0.15, -0.1) is 0 Å². The number of rotatable bonds is 3. The van der Waals surface area contributed by atoms with E-state index in [2.05, 4.69) is 20.0 Å². The Kier molecular flexibility index (Phi) is 4.26. The summed E-state index contributed by atoms with van der Waals surface area (Å²) in [7, 11) is 0. The third-order valence-corrected chi connectivity index (χ3v) is 4.69. The monoisotopic (exact) mass is 351 g/mol. The molecule has 8 heteroatoms. The van der Waals surface area contributed by atoms with E-state index >= 15 is 0 Å². The van der Waals surface area contributed by atoms with Crippen molar-refractivity contribution in [1.82, 2.24) is 24.5 Å². The lowest BCUT2D eigenvalue weighted by Gasteiger charge is -2.36. The molecule has 4 rings (SSSR count). The molecule has 0 bridgehead atoms. The highest BCUT2D eigenvalue weighted by molar-refractivity contribution is 5.94. The van der Waals surface area contributed by atoms with Gasteiger partial charge in [0.15, 0.2) is 0 Å². The van der Waals surface area contributed by atoms with Gasteiger partial charge in [-0.3, -0.25) is 4.79 Å². The third-order valence-electron chi connectivity index (χ3n) is 4.69. The minimum absolute atomic E-state index is 0.0602. The Morgan fingerprint density at radius 1 is 1.15 bits per heavy atom. The summed E-state index contributed by atoms with van der Waals surface area (Å²) in [6.45, 7) is 5.23. The maximum absolute atomic E-state index is 12.7. The molecule has 0 unspecified atom stereocenters. The summed E-state index contributed by atoms with van der Waals surface area (Å²) in [5.74, 6) is 1.62. The fourth-order valence-corrected chi connectivity index (χ4v) is 3.24. The van der Waals surface area contributed by atoms with E-state index in [0.29, 0.717) is 31.0 Å². The quantitative estimate of drug-likeness (QED) is 0.752. The molecule has 0 atom stereocenters. The molecular formula is C18H21N7O. The average Bonchev–Trinajstić information content (AvgIpc) is 3.15. The second-order valence-electron chi connectivity index (χ2n) is 6.41. The molecule has 1 aromatic carbocycles.